The van der Waals surface area contributed by atoms with Gasteiger partial charge in [-0.25, -0.2) is 4.98 Å². The van der Waals surface area contributed by atoms with Crippen molar-refractivity contribution in [1.82, 2.24) is 25.1 Å². The van der Waals surface area contributed by atoms with Gasteiger partial charge >= 0.3 is 0 Å². The van der Waals surface area contributed by atoms with Gasteiger partial charge in [-0.1, -0.05) is 13.0 Å². The number of carbonyl (C=O) groups is 1. The fraction of sp³-hybridized carbons (Fsp3) is 0.150. The molecule has 0 atom stereocenters. The highest BCUT2D eigenvalue weighted by molar-refractivity contribution is 5.99. The van der Waals surface area contributed by atoms with Gasteiger partial charge in [-0.3, -0.25) is 19.9 Å². The van der Waals surface area contributed by atoms with Gasteiger partial charge in [0.15, 0.2) is 0 Å². The first-order valence-corrected chi connectivity index (χ1v) is 8.69. The van der Waals surface area contributed by atoms with E-state index in [1.807, 2.05) is 44.2 Å². The van der Waals surface area contributed by atoms with E-state index in [1.165, 1.54) is 0 Å². The number of anilines is 1. The number of carbonyl (C=O) groups excluding carboxylic acids is 1. The van der Waals surface area contributed by atoms with Gasteiger partial charge in [-0.05, 0) is 37.3 Å². The van der Waals surface area contributed by atoms with E-state index >= 15 is 0 Å². The van der Waals surface area contributed by atoms with Crippen LogP contribution in [0.5, 0.6) is 0 Å². The second-order valence-electron chi connectivity index (χ2n) is 6.15. The predicted molar refractivity (Wildman–Crippen MR) is 104 cm³/mol. The Labute approximate surface area is 155 Å². The van der Waals surface area contributed by atoms with Crippen molar-refractivity contribution in [1.29, 1.82) is 0 Å². The van der Waals surface area contributed by atoms with Crippen LogP contribution < -0.4 is 5.32 Å². The van der Waals surface area contributed by atoms with E-state index in [9.17, 15) is 4.79 Å². The zero-order chi connectivity index (χ0) is 18.8. The Morgan fingerprint density at radius 2 is 2.00 bits per heavy atom. The predicted octanol–water partition coefficient (Wildman–Crippen LogP) is 3.74. The largest absolute Gasteiger partial charge is 0.324 e. The summed E-state index contributed by atoms with van der Waals surface area (Å²) in [7, 11) is 0. The van der Waals surface area contributed by atoms with E-state index < -0.39 is 0 Å². The van der Waals surface area contributed by atoms with E-state index in [0.29, 0.717) is 23.1 Å². The Morgan fingerprint density at radius 1 is 1.11 bits per heavy atom. The van der Waals surface area contributed by atoms with E-state index in [-0.39, 0.29) is 5.91 Å². The molecule has 0 bridgehead atoms. The van der Waals surface area contributed by atoms with Gasteiger partial charge in [-0.15, -0.1) is 0 Å². The third kappa shape index (κ3) is 3.27. The molecule has 0 radical (unpaired) electrons. The molecular formula is C20H18N6O. The molecule has 0 spiro atoms. The highest BCUT2D eigenvalue weighted by atomic mass is 16.1. The van der Waals surface area contributed by atoms with Crippen LogP contribution in [0.2, 0.25) is 0 Å². The average Bonchev–Trinajstić information content (AvgIpc) is 3.18. The molecule has 0 fully saturated rings. The van der Waals surface area contributed by atoms with Gasteiger partial charge in [-0.2, -0.15) is 5.10 Å². The number of aryl methyl sites for hydroxylation is 1. The number of aromatic nitrogens is 5. The van der Waals surface area contributed by atoms with Gasteiger partial charge < -0.3 is 5.32 Å². The fourth-order valence-corrected chi connectivity index (χ4v) is 2.87. The molecule has 134 valence electrons. The van der Waals surface area contributed by atoms with Crippen molar-refractivity contribution < 1.29 is 4.79 Å². The Hall–Kier alpha value is -3.61. The van der Waals surface area contributed by atoms with Crippen molar-refractivity contribution in [2.75, 3.05) is 5.32 Å². The Balaban J connectivity index is 1.83. The number of hydrogen-bond donors (Lipinski definition) is 2. The Bertz CT molecular complexity index is 1130. The maximum absolute atomic E-state index is 11.8. The summed E-state index contributed by atoms with van der Waals surface area (Å²) in [6.45, 7) is 3.76. The summed E-state index contributed by atoms with van der Waals surface area (Å²) >= 11 is 0. The zero-order valence-electron chi connectivity index (χ0n) is 15.0. The monoisotopic (exact) mass is 358 g/mol. The fourth-order valence-electron chi connectivity index (χ4n) is 2.87. The molecular weight excluding hydrogens is 340 g/mol. The van der Waals surface area contributed by atoms with Crippen molar-refractivity contribution >= 4 is 22.6 Å². The number of pyridine rings is 3. The lowest BCUT2D eigenvalue weighted by atomic mass is 10.1. The molecule has 4 rings (SSSR count). The molecule has 1 amide bonds. The molecule has 0 aromatic carbocycles. The van der Waals surface area contributed by atoms with Crippen LogP contribution in [0.15, 0.2) is 48.8 Å². The van der Waals surface area contributed by atoms with Crippen LogP contribution in [0.1, 0.15) is 19.0 Å². The standard InChI is InChI=1S/C20H18N6O/c1-3-18(27)24-17-9-10-21-15-8-7-14(25-20(15)17)13-11-22-26-19(13)16-6-4-5-12(2)23-16/h4-11H,3H2,1-2H3,(H,22,26)(H,21,24,27). The maximum Gasteiger partial charge on any atom is 0.224 e. The van der Waals surface area contributed by atoms with Crippen LogP contribution in [0.25, 0.3) is 33.7 Å². The number of rotatable bonds is 4. The zero-order valence-corrected chi connectivity index (χ0v) is 15.0. The molecule has 0 saturated heterocycles. The molecule has 4 aromatic heterocycles. The summed E-state index contributed by atoms with van der Waals surface area (Å²) in [5.74, 6) is -0.0670. The second-order valence-corrected chi connectivity index (χ2v) is 6.15. The molecule has 4 aromatic rings. The summed E-state index contributed by atoms with van der Waals surface area (Å²) in [6, 6.07) is 11.4. The van der Waals surface area contributed by atoms with Crippen molar-refractivity contribution in [3.8, 4) is 22.6 Å². The Kier molecular flexibility index (Phi) is 4.33. The minimum atomic E-state index is -0.0670. The summed E-state index contributed by atoms with van der Waals surface area (Å²) in [6.07, 6.45) is 3.79. The van der Waals surface area contributed by atoms with Crippen LogP contribution in [0.3, 0.4) is 0 Å². The SMILES string of the molecule is CCC(=O)Nc1ccnc2ccc(-c3cn[nH]c3-c3cccc(C)n3)nc12. The summed E-state index contributed by atoms with van der Waals surface area (Å²) in [4.78, 5) is 25.5. The minimum Gasteiger partial charge on any atom is -0.324 e. The quantitative estimate of drug-likeness (QED) is 0.579. The van der Waals surface area contributed by atoms with Gasteiger partial charge in [0.1, 0.15) is 5.52 Å². The maximum atomic E-state index is 11.8. The molecule has 7 nitrogen and oxygen atoms in total. The number of nitrogens with zero attached hydrogens (tertiary/aromatic N) is 4. The lowest BCUT2D eigenvalue weighted by molar-refractivity contribution is -0.115. The van der Waals surface area contributed by atoms with Crippen LogP contribution in [-0.2, 0) is 4.79 Å². The number of amides is 1. The number of nitrogens with one attached hydrogen (secondary N) is 2. The van der Waals surface area contributed by atoms with Crippen LogP contribution >= 0.6 is 0 Å². The highest BCUT2D eigenvalue weighted by Gasteiger charge is 2.14. The molecule has 2 N–H and O–H groups in total. The third-order valence-corrected chi connectivity index (χ3v) is 4.24. The average molecular weight is 358 g/mol. The van der Waals surface area contributed by atoms with Crippen LogP contribution in [-0.4, -0.2) is 31.1 Å². The smallest absolute Gasteiger partial charge is 0.224 e. The lowest BCUT2D eigenvalue weighted by Crippen LogP contribution is -2.10. The van der Waals surface area contributed by atoms with Crippen LogP contribution in [0, 0.1) is 6.92 Å². The van der Waals surface area contributed by atoms with E-state index in [1.54, 1.807) is 18.5 Å². The van der Waals surface area contributed by atoms with E-state index in [0.717, 1.165) is 28.3 Å². The Morgan fingerprint density at radius 3 is 2.81 bits per heavy atom. The van der Waals surface area contributed by atoms with Crippen molar-refractivity contribution in [2.24, 2.45) is 0 Å². The van der Waals surface area contributed by atoms with Crippen molar-refractivity contribution in [3.05, 3.63) is 54.5 Å². The van der Waals surface area contributed by atoms with Gasteiger partial charge in [0.25, 0.3) is 0 Å². The molecule has 0 aliphatic heterocycles. The van der Waals surface area contributed by atoms with Gasteiger partial charge in [0, 0.05) is 23.9 Å². The first-order chi connectivity index (χ1) is 13.2. The summed E-state index contributed by atoms with van der Waals surface area (Å²) in [5.41, 5.74) is 6.10. The highest BCUT2D eigenvalue weighted by Crippen LogP contribution is 2.30. The summed E-state index contributed by atoms with van der Waals surface area (Å²) in [5, 5.41) is 10.1. The topological polar surface area (TPSA) is 96.5 Å². The minimum absolute atomic E-state index is 0.0670. The molecule has 7 heteroatoms. The lowest BCUT2D eigenvalue weighted by Gasteiger charge is -2.09. The molecule has 0 unspecified atom stereocenters. The number of H-pyrrole nitrogens is 1. The number of hydrogen-bond acceptors (Lipinski definition) is 5. The van der Waals surface area contributed by atoms with Crippen LogP contribution in [0.4, 0.5) is 5.69 Å². The third-order valence-electron chi connectivity index (χ3n) is 4.24. The molecule has 0 aliphatic carbocycles. The van der Waals surface area contributed by atoms with E-state index in [4.69, 9.17) is 4.98 Å². The van der Waals surface area contributed by atoms with Gasteiger partial charge in [0.05, 0.1) is 34.5 Å². The number of fused-ring (bicyclic) bond motifs is 1. The van der Waals surface area contributed by atoms with Gasteiger partial charge in [0.2, 0.25) is 5.91 Å². The van der Waals surface area contributed by atoms with Crippen molar-refractivity contribution in [3.63, 3.8) is 0 Å². The normalized spacial score (nSPS) is 10.9. The first-order valence-electron chi connectivity index (χ1n) is 8.69. The molecule has 27 heavy (non-hydrogen) atoms. The molecule has 0 aliphatic rings. The number of aromatic amines is 1. The van der Waals surface area contributed by atoms with E-state index in [2.05, 4.69) is 25.5 Å². The molecule has 4 heterocycles. The summed E-state index contributed by atoms with van der Waals surface area (Å²) < 4.78 is 0. The first kappa shape index (κ1) is 16.8. The van der Waals surface area contributed by atoms with Crippen molar-refractivity contribution in [2.45, 2.75) is 20.3 Å². The molecule has 0 saturated carbocycles. The second kappa shape index (κ2) is 6.95.